The number of aliphatic hydroxyl groups is 1. The first-order valence-electron chi connectivity index (χ1n) is 5.95. The van der Waals surface area contributed by atoms with Gasteiger partial charge in [0.05, 0.1) is 12.6 Å². The number of nitrogen functional groups attached to an aromatic ring is 1. The molecule has 0 fully saturated rings. The molecule has 0 heterocycles. The molecule has 1 amide bonds. The second-order valence-corrected chi connectivity index (χ2v) is 5.22. The number of ether oxygens (including phenoxy) is 1. The van der Waals surface area contributed by atoms with Gasteiger partial charge in [-0.1, -0.05) is 15.9 Å². The number of carbonyl (C=O) groups is 1. The lowest BCUT2D eigenvalue weighted by atomic mass is 10.1. The molecular formula is C13H19BrN2O3. The molecule has 1 unspecified atom stereocenters. The molecule has 0 bridgehead atoms. The maximum Gasteiger partial charge on any atom is 0.251 e. The Morgan fingerprint density at radius 3 is 2.84 bits per heavy atom. The minimum atomic E-state index is -0.221. The Bertz CT molecular complexity index is 446. The molecule has 1 atom stereocenters. The highest BCUT2D eigenvalue weighted by atomic mass is 79.9. The lowest BCUT2D eigenvalue weighted by Crippen LogP contribution is -2.39. The monoisotopic (exact) mass is 330 g/mol. The summed E-state index contributed by atoms with van der Waals surface area (Å²) in [6.45, 7) is 2.15. The van der Waals surface area contributed by atoms with E-state index in [-0.39, 0.29) is 18.6 Å². The molecule has 0 saturated carbocycles. The fourth-order valence-electron chi connectivity index (χ4n) is 1.75. The minimum absolute atomic E-state index is 0.00604. The summed E-state index contributed by atoms with van der Waals surface area (Å²) >= 11 is 3.32. The minimum Gasteiger partial charge on any atom is -0.398 e. The van der Waals surface area contributed by atoms with Gasteiger partial charge in [-0.2, -0.15) is 0 Å². The molecule has 0 aliphatic heterocycles. The van der Waals surface area contributed by atoms with Crippen molar-refractivity contribution < 1.29 is 14.6 Å². The molecular weight excluding hydrogens is 312 g/mol. The average molecular weight is 331 g/mol. The Hall–Kier alpha value is -1.11. The quantitative estimate of drug-likeness (QED) is 0.689. The van der Waals surface area contributed by atoms with Gasteiger partial charge in [-0.15, -0.1) is 0 Å². The number of anilines is 1. The summed E-state index contributed by atoms with van der Waals surface area (Å²) in [5.74, 6) is -0.221. The molecule has 0 radical (unpaired) electrons. The zero-order valence-electron chi connectivity index (χ0n) is 11.1. The standard InChI is InChI=1S/C13H19BrN2O3/c1-8-11(5-9(14)6-12(8)15)13(18)16-10(3-4-17)7-19-2/h5-6,10,17H,3-4,7,15H2,1-2H3,(H,16,18). The predicted octanol–water partition coefficient (Wildman–Crippen LogP) is 1.47. The number of hydrogen-bond donors (Lipinski definition) is 3. The summed E-state index contributed by atoms with van der Waals surface area (Å²) < 4.78 is 5.77. The highest BCUT2D eigenvalue weighted by molar-refractivity contribution is 9.10. The molecule has 0 aliphatic rings. The Morgan fingerprint density at radius 1 is 1.58 bits per heavy atom. The third kappa shape index (κ3) is 4.49. The fourth-order valence-corrected chi connectivity index (χ4v) is 2.23. The number of carbonyl (C=O) groups excluding carboxylic acids is 1. The van der Waals surface area contributed by atoms with Gasteiger partial charge in [-0.25, -0.2) is 0 Å². The Labute approximate surface area is 121 Å². The van der Waals surface area contributed by atoms with Crippen molar-refractivity contribution in [2.75, 3.05) is 26.1 Å². The fraction of sp³-hybridized carbons (Fsp3) is 0.462. The van der Waals surface area contributed by atoms with Gasteiger partial charge in [0.1, 0.15) is 0 Å². The van der Waals surface area contributed by atoms with Crippen LogP contribution in [0, 0.1) is 6.92 Å². The summed E-state index contributed by atoms with van der Waals surface area (Å²) in [6, 6.07) is 3.26. The summed E-state index contributed by atoms with van der Waals surface area (Å²) in [5, 5.41) is 11.8. The Kier molecular flexibility index (Phi) is 6.27. The molecule has 1 aromatic carbocycles. The number of amides is 1. The molecule has 0 aliphatic carbocycles. The molecule has 0 saturated heterocycles. The van der Waals surface area contributed by atoms with Crippen LogP contribution in [0.5, 0.6) is 0 Å². The lowest BCUT2D eigenvalue weighted by Gasteiger charge is -2.18. The van der Waals surface area contributed by atoms with Gasteiger partial charge in [0.2, 0.25) is 0 Å². The number of aliphatic hydroxyl groups excluding tert-OH is 1. The molecule has 1 aromatic rings. The summed E-state index contributed by atoms with van der Waals surface area (Å²) in [7, 11) is 1.55. The van der Waals surface area contributed by atoms with Crippen LogP contribution in [0.15, 0.2) is 16.6 Å². The summed E-state index contributed by atoms with van der Waals surface area (Å²) in [6.07, 6.45) is 0.447. The largest absolute Gasteiger partial charge is 0.398 e. The number of rotatable bonds is 6. The Balaban J connectivity index is 2.87. The van der Waals surface area contributed by atoms with E-state index in [9.17, 15) is 4.79 Å². The van der Waals surface area contributed by atoms with Crippen LogP contribution in [0.25, 0.3) is 0 Å². The Morgan fingerprint density at radius 2 is 2.26 bits per heavy atom. The number of halogens is 1. The molecule has 5 nitrogen and oxygen atoms in total. The van der Waals surface area contributed by atoms with E-state index in [2.05, 4.69) is 21.2 Å². The highest BCUT2D eigenvalue weighted by Crippen LogP contribution is 2.22. The van der Waals surface area contributed by atoms with Crippen LogP contribution in [0.2, 0.25) is 0 Å². The maximum absolute atomic E-state index is 12.2. The van der Waals surface area contributed by atoms with Crippen molar-refractivity contribution in [3.05, 3.63) is 27.7 Å². The van der Waals surface area contributed by atoms with Crippen molar-refractivity contribution in [3.63, 3.8) is 0 Å². The number of hydrogen-bond acceptors (Lipinski definition) is 4. The predicted molar refractivity (Wildman–Crippen MR) is 78.1 cm³/mol. The van der Waals surface area contributed by atoms with Crippen LogP contribution >= 0.6 is 15.9 Å². The second-order valence-electron chi connectivity index (χ2n) is 4.31. The molecule has 0 spiro atoms. The van der Waals surface area contributed by atoms with Gasteiger partial charge in [-0.3, -0.25) is 4.79 Å². The number of methoxy groups -OCH3 is 1. The third-order valence-corrected chi connectivity index (χ3v) is 3.30. The lowest BCUT2D eigenvalue weighted by molar-refractivity contribution is 0.0878. The van der Waals surface area contributed by atoms with Crippen molar-refractivity contribution >= 4 is 27.5 Å². The molecule has 4 N–H and O–H groups in total. The summed E-state index contributed by atoms with van der Waals surface area (Å²) in [5.41, 5.74) is 7.65. The molecule has 106 valence electrons. The van der Waals surface area contributed by atoms with Crippen molar-refractivity contribution in [3.8, 4) is 0 Å². The maximum atomic E-state index is 12.2. The van der Waals surface area contributed by atoms with Crippen LogP contribution in [0.4, 0.5) is 5.69 Å². The smallest absolute Gasteiger partial charge is 0.251 e. The number of nitrogens with one attached hydrogen (secondary N) is 1. The zero-order valence-corrected chi connectivity index (χ0v) is 12.7. The molecule has 1 rings (SSSR count). The van der Waals surface area contributed by atoms with E-state index < -0.39 is 0 Å². The van der Waals surface area contributed by atoms with Gasteiger partial charge >= 0.3 is 0 Å². The van der Waals surface area contributed by atoms with E-state index >= 15 is 0 Å². The van der Waals surface area contributed by atoms with E-state index in [0.29, 0.717) is 24.3 Å². The van der Waals surface area contributed by atoms with Crippen LogP contribution < -0.4 is 11.1 Å². The normalized spacial score (nSPS) is 12.2. The highest BCUT2D eigenvalue weighted by Gasteiger charge is 2.16. The second kappa shape index (κ2) is 7.47. The molecule has 19 heavy (non-hydrogen) atoms. The molecule has 0 aromatic heterocycles. The van der Waals surface area contributed by atoms with Gasteiger partial charge < -0.3 is 20.9 Å². The first-order chi connectivity index (χ1) is 8.99. The van der Waals surface area contributed by atoms with Crippen molar-refractivity contribution in [2.45, 2.75) is 19.4 Å². The van der Waals surface area contributed by atoms with Gasteiger partial charge in [0, 0.05) is 29.4 Å². The van der Waals surface area contributed by atoms with Crippen molar-refractivity contribution in [1.29, 1.82) is 0 Å². The van der Waals surface area contributed by atoms with Crippen LogP contribution in [-0.4, -0.2) is 37.4 Å². The van der Waals surface area contributed by atoms with E-state index in [0.717, 1.165) is 10.0 Å². The van der Waals surface area contributed by atoms with Crippen LogP contribution in [0.1, 0.15) is 22.3 Å². The van der Waals surface area contributed by atoms with E-state index in [1.807, 2.05) is 0 Å². The van der Waals surface area contributed by atoms with Gasteiger partial charge in [0.25, 0.3) is 5.91 Å². The third-order valence-electron chi connectivity index (χ3n) is 2.84. The van der Waals surface area contributed by atoms with Gasteiger partial charge in [0.15, 0.2) is 0 Å². The van der Waals surface area contributed by atoms with Gasteiger partial charge in [-0.05, 0) is 31.0 Å². The molecule has 6 heteroatoms. The number of benzene rings is 1. The van der Waals surface area contributed by atoms with E-state index in [1.54, 1.807) is 26.2 Å². The van der Waals surface area contributed by atoms with Crippen LogP contribution in [-0.2, 0) is 4.74 Å². The van der Waals surface area contributed by atoms with E-state index in [1.165, 1.54) is 0 Å². The van der Waals surface area contributed by atoms with Crippen molar-refractivity contribution in [1.82, 2.24) is 5.32 Å². The van der Waals surface area contributed by atoms with Crippen LogP contribution in [0.3, 0.4) is 0 Å². The number of nitrogens with two attached hydrogens (primary N) is 1. The topological polar surface area (TPSA) is 84.6 Å². The SMILES string of the molecule is COCC(CCO)NC(=O)c1cc(Br)cc(N)c1C. The first kappa shape index (κ1) is 15.9. The zero-order chi connectivity index (χ0) is 14.4. The summed E-state index contributed by atoms with van der Waals surface area (Å²) in [4.78, 5) is 12.2. The van der Waals surface area contributed by atoms with Crippen molar-refractivity contribution in [2.24, 2.45) is 0 Å². The van der Waals surface area contributed by atoms with E-state index in [4.69, 9.17) is 15.6 Å². The average Bonchev–Trinajstić information content (AvgIpc) is 2.34. The first-order valence-corrected chi connectivity index (χ1v) is 6.75.